The van der Waals surface area contributed by atoms with Crippen LogP contribution in [0.25, 0.3) is 16.6 Å². The fraction of sp³-hybridized carbons (Fsp3) is 0.0833. The number of benzene rings is 3. The largest absolute Gasteiger partial charge is 0.378 e. The van der Waals surface area contributed by atoms with Crippen molar-refractivity contribution in [2.45, 2.75) is 6.54 Å². The maximum atomic E-state index is 13.1. The highest BCUT2D eigenvalue weighted by Crippen LogP contribution is 2.21. The second-order valence-corrected chi connectivity index (χ2v) is 7.73. The van der Waals surface area contributed by atoms with Crippen molar-refractivity contribution in [3.05, 3.63) is 89.7 Å². The Morgan fingerprint density at radius 3 is 2.66 bits per heavy atom. The van der Waals surface area contributed by atoms with Gasteiger partial charge in [0.1, 0.15) is 0 Å². The summed E-state index contributed by atoms with van der Waals surface area (Å²) in [6.45, 7) is 0.277. The van der Waals surface area contributed by atoms with Crippen molar-refractivity contribution in [1.29, 1.82) is 0 Å². The Morgan fingerprint density at radius 2 is 1.86 bits per heavy atom. The zero-order chi connectivity index (χ0) is 24.2. The minimum atomic E-state index is -0.528. The van der Waals surface area contributed by atoms with Crippen LogP contribution in [0.15, 0.2) is 82.5 Å². The van der Waals surface area contributed by atoms with Crippen LogP contribution in [-0.4, -0.2) is 44.5 Å². The summed E-state index contributed by atoms with van der Waals surface area (Å²) < 4.78 is 6.05. The summed E-state index contributed by atoms with van der Waals surface area (Å²) in [6.07, 6.45) is 1.60. The van der Waals surface area contributed by atoms with Crippen molar-refractivity contribution in [2.75, 3.05) is 17.7 Å². The molecule has 0 atom stereocenters. The molecule has 5 aromatic rings. The number of nitrogen functional groups attached to an aromatic ring is 1. The molecule has 0 bridgehead atoms. The number of carbonyl (C=O) groups excluding carboxylic acids is 1. The molecule has 2 heterocycles. The molecule has 11 nitrogen and oxygen atoms in total. The molecule has 174 valence electrons. The molecule has 0 saturated heterocycles. The lowest BCUT2D eigenvalue weighted by atomic mass is 10.1. The molecule has 0 aliphatic rings. The number of carbonyl (C=O) groups is 1. The van der Waals surface area contributed by atoms with Gasteiger partial charge in [-0.3, -0.25) is 4.79 Å². The standard InChI is InChI=1S/C24H21N9O2/c1-32(18-11-3-2-4-12-18)15-20-21(27-31-33(20)23-22(25)29-35-30-23)24(34)28-26-14-17-10-7-9-16-8-5-6-13-19(16)17/h2-14H,15H2,1H3,(H2,25,29)(H,28,34)/b26-14-. The number of amides is 1. The molecule has 0 fully saturated rings. The number of nitrogens with two attached hydrogens (primary N) is 1. The van der Waals surface area contributed by atoms with Crippen molar-refractivity contribution >= 4 is 34.4 Å². The van der Waals surface area contributed by atoms with Crippen LogP contribution in [0.4, 0.5) is 11.5 Å². The number of nitrogens with zero attached hydrogens (tertiary/aromatic N) is 7. The van der Waals surface area contributed by atoms with E-state index in [0.29, 0.717) is 5.69 Å². The van der Waals surface area contributed by atoms with E-state index in [2.05, 4.69) is 31.2 Å². The number of nitrogens with one attached hydrogen (secondary N) is 1. The maximum Gasteiger partial charge on any atom is 0.293 e. The van der Waals surface area contributed by atoms with Crippen molar-refractivity contribution in [1.82, 2.24) is 30.7 Å². The van der Waals surface area contributed by atoms with Crippen molar-refractivity contribution in [2.24, 2.45) is 5.10 Å². The Bertz CT molecular complexity index is 1500. The molecule has 5 rings (SSSR count). The first-order valence-electron chi connectivity index (χ1n) is 10.7. The van der Waals surface area contributed by atoms with E-state index in [4.69, 9.17) is 10.4 Å². The summed E-state index contributed by atoms with van der Waals surface area (Å²) in [5, 5.41) is 21.8. The van der Waals surface area contributed by atoms with Gasteiger partial charge in [-0.2, -0.15) is 9.78 Å². The molecule has 0 spiro atoms. The molecule has 0 unspecified atom stereocenters. The van der Waals surface area contributed by atoms with E-state index in [1.54, 1.807) is 6.21 Å². The van der Waals surface area contributed by atoms with E-state index < -0.39 is 5.91 Å². The van der Waals surface area contributed by atoms with E-state index in [0.717, 1.165) is 22.0 Å². The van der Waals surface area contributed by atoms with E-state index in [1.165, 1.54) is 4.68 Å². The molecule has 0 aliphatic carbocycles. The number of anilines is 2. The fourth-order valence-electron chi connectivity index (χ4n) is 3.70. The Morgan fingerprint density at radius 1 is 1.09 bits per heavy atom. The summed E-state index contributed by atoms with van der Waals surface area (Å²) in [5.41, 5.74) is 10.7. The Balaban J connectivity index is 1.43. The Kier molecular flexibility index (Phi) is 5.87. The topological polar surface area (TPSA) is 140 Å². The van der Waals surface area contributed by atoms with Crippen molar-refractivity contribution in [3.8, 4) is 5.82 Å². The van der Waals surface area contributed by atoms with Gasteiger partial charge in [0.25, 0.3) is 5.91 Å². The van der Waals surface area contributed by atoms with E-state index in [-0.39, 0.29) is 23.9 Å². The fourth-order valence-corrected chi connectivity index (χ4v) is 3.70. The lowest BCUT2D eigenvalue weighted by molar-refractivity contribution is 0.0949. The number of hydrogen-bond acceptors (Lipinski definition) is 9. The number of hydrazone groups is 1. The third-order valence-corrected chi connectivity index (χ3v) is 5.45. The number of para-hydroxylation sites is 1. The third-order valence-electron chi connectivity index (χ3n) is 5.45. The van der Waals surface area contributed by atoms with Crippen LogP contribution in [0.3, 0.4) is 0 Å². The van der Waals surface area contributed by atoms with Gasteiger partial charge in [-0.05, 0) is 33.2 Å². The smallest absolute Gasteiger partial charge is 0.293 e. The first kappa shape index (κ1) is 21.8. The zero-order valence-electron chi connectivity index (χ0n) is 18.7. The molecule has 3 N–H and O–H groups in total. The van der Waals surface area contributed by atoms with Crippen LogP contribution >= 0.6 is 0 Å². The monoisotopic (exact) mass is 467 g/mol. The Hall–Kier alpha value is -5.06. The van der Waals surface area contributed by atoms with Gasteiger partial charge in [0, 0.05) is 18.3 Å². The second-order valence-electron chi connectivity index (χ2n) is 7.73. The van der Waals surface area contributed by atoms with Crippen LogP contribution in [-0.2, 0) is 6.54 Å². The first-order chi connectivity index (χ1) is 17.1. The molecular weight excluding hydrogens is 446 g/mol. The van der Waals surface area contributed by atoms with E-state index in [1.807, 2.05) is 84.7 Å². The van der Waals surface area contributed by atoms with Gasteiger partial charge < -0.3 is 10.6 Å². The molecule has 2 aromatic heterocycles. The van der Waals surface area contributed by atoms with Crippen LogP contribution in [0.2, 0.25) is 0 Å². The zero-order valence-corrected chi connectivity index (χ0v) is 18.7. The average Bonchev–Trinajstić information content (AvgIpc) is 3.50. The van der Waals surface area contributed by atoms with Gasteiger partial charge in [-0.15, -0.1) is 5.10 Å². The van der Waals surface area contributed by atoms with Gasteiger partial charge in [-0.25, -0.2) is 10.1 Å². The Labute approximate surface area is 199 Å². The first-order valence-corrected chi connectivity index (χ1v) is 10.7. The van der Waals surface area contributed by atoms with E-state index in [9.17, 15) is 4.79 Å². The van der Waals surface area contributed by atoms with Gasteiger partial charge >= 0.3 is 0 Å². The van der Waals surface area contributed by atoms with Gasteiger partial charge in [0.2, 0.25) is 11.6 Å². The number of rotatable bonds is 7. The predicted octanol–water partition coefficient (Wildman–Crippen LogP) is 2.79. The summed E-state index contributed by atoms with van der Waals surface area (Å²) in [4.78, 5) is 15.0. The van der Waals surface area contributed by atoms with Crippen molar-refractivity contribution in [3.63, 3.8) is 0 Å². The molecule has 3 aromatic carbocycles. The lowest BCUT2D eigenvalue weighted by Gasteiger charge is -2.19. The van der Waals surface area contributed by atoms with Gasteiger partial charge in [0.05, 0.1) is 18.5 Å². The highest BCUT2D eigenvalue weighted by atomic mass is 16.6. The van der Waals surface area contributed by atoms with Gasteiger partial charge in [-0.1, -0.05) is 65.9 Å². The molecule has 35 heavy (non-hydrogen) atoms. The van der Waals surface area contributed by atoms with E-state index >= 15 is 0 Å². The highest BCUT2D eigenvalue weighted by Gasteiger charge is 2.25. The number of hydrogen-bond donors (Lipinski definition) is 2. The van der Waals surface area contributed by atoms with Crippen LogP contribution in [0.5, 0.6) is 0 Å². The number of aromatic nitrogens is 5. The lowest BCUT2D eigenvalue weighted by Crippen LogP contribution is -2.24. The summed E-state index contributed by atoms with van der Waals surface area (Å²) in [5.74, 6) is -0.356. The minimum Gasteiger partial charge on any atom is -0.378 e. The van der Waals surface area contributed by atoms with Crippen LogP contribution in [0, 0.1) is 0 Å². The predicted molar refractivity (Wildman–Crippen MR) is 131 cm³/mol. The minimum absolute atomic E-state index is 0.0273. The van der Waals surface area contributed by atoms with Crippen LogP contribution in [0.1, 0.15) is 21.7 Å². The summed E-state index contributed by atoms with van der Waals surface area (Å²) >= 11 is 0. The summed E-state index contributed by atoms with van der Waals surface area (Å²) in [6, 6.07) is 23.5. The SMILES string of the molecule is CN(Cc1c(C(=O)N/N=C\c2cccc3ccccc23)nnn1-c1nonc1N)c1ccccc1. The highest BCUT2D eigenvalue weighted by molar-refractivity contribution is 6.00. The molecule has 0 saturated carbocycles. The third kappa shape index (κ3) is 4.42. The molecule has 0 aliphatic heterocycles. The second kappa shape index (κ2) is 9.43. The quantitative estimate of drug-likeness (QED) is 0.275. The maximum absolute atomic E-state index is 13.1. The van der Waals surface area contributed by atoms with Gasteiger partial charge in [0.15, 0.2) is 5.69 Å². The van der Waals surface area contributed by atoms with Crippen molar-refractivity contribution < 1.29 is 9.42 Å². The van der Waals surface area contributed by atoms with Crippen LogP contribution < -0.4 is 16.1 Å². The molecule has 0 radical (unpaired) electrons. The summed E-state index contributed by atoms with van der Waals surface area (Å²) in [7, 11) is 1.89. The molecule has 11 heteroatoms. The molecular formula is C24H21N9O2. The normalized spacial score (nSPS) is 11.2. The average molecular weight is 467 g/mol. The molecule has 1 amide bonds. The number of fused-ring (bicyclic) bond motifs is 1.